The van der Waals surface area contributed by atoms with E-state index in [4.69, 9.17) is 0 Å². The molecular formula is C74H58F2P2Zr2-2. The number of rotatable bonds is 8. The van der Waals surface area contributed by atoms with E-state index < -0.39 is 15.8 Å². The Bertz CT molecular complexity index is 3660. The molecule has 0 aliphatic rings. The molecule has 0 heterocycles. The number of hydrogen-bond donors (Lipinski definition) is 0. The zero-order valence-corrected chi connectivity index (χ0v) is 51.4. The van der Waals surface area contributed by atoms with Crippen molar-refractivity contribution in [3.8, 4) is 22.3 Å². The molecule has 0 atom stereocenters. The number of hydrogen-bond acceptors (Lipinski definition) is 0. The third kappa shape index (κ3) is 14.5. The van der Waals surface area contributed by atoms with E-state index in [1.807, 2.05) is 0 Å². The van der Waals surface area contributed by atoms with E-state index >= 15 is 0 Å². The van der Waals surface area contributed by atoms with Crippen LogP contribution in [0.1, 0.15) is 11.1 Å². The van der Waals surface area contributed by atoms with Crippen LogP contribution in [0.3, 0.4) is 0 Å². The Kier molecular flexibility index (Phi) is 22.4. The van der Waals surface area contributed by atoms with Crippen molar-refractivity contribution in [1.29, 1.82) is 0 Å². The smallest absolute Gasteiger partial charge is 1.00 e. The summed E-state index contributed by atoms with van der Waals surface area (Å²) in [5.41, 5.74) is 7.89. The molecule has 0 unspecified atom stereocenters. The van der Waals surface area contributed by atoms with Crippen molar-refractivity contribution < 1.29 is 61.8 Å². The zero-order valence-electron chi connectivity index (χ0n) is 44.7. The van der Waals surface area contributed by atoms with Crippen LogP contribution in [0.2, 0.25) is 0 Å². The minimum Gasteiger partial charge on any atom is -1.00 e. The normalized spacial score (nSPS) is 10.4. The fourth-order valence-corrected chi connectivity index (χ4v) is 15.0. The van der Waals surface area contributed by atoms with Gasteiger partial charge >= 0.3 is 52.4 Å². The molecule has 388 valence electrons. The van der Waals surface area contributed by atoms with Gasteiger partial charge in [-0.15, -0.1) is 150 Å². The van der Waals surface area contributed by atoms with Gasteiger partial charge in [-0.2, -0.15) is 24.3 Å². The van der Waals surface area contributed by atoms with E-state index in [-0.39, 0.29) is 61.8 Å². The van der Waals surface area contributed by atoms with Crippen LogP contribution in [0.15, 0.2) is 315 Å². The second-order valence-corrected chi connectivity index (χ2v) is 23.6. The molecule has 14 rings (SSSR count). The molecule has 0 radical (unpaired) electrons. The first kappa shape index (κ1) is 60.8. The third-order valence-electron chi connectivity index (χ3n) is 13.7. The predicted molar refractivity (Wildman–Crippen MR) is 336 cm³/mol. The summed E-state index contributed by atoms with van der Waals surface area (Å²) in [5.74, 6) is 0. The molecule has 80 heavy (non-hydrogen) atoms. The van der Waals surface area contributed by atoms with Gasteiger partial charge in [-0.1, -0.05) is 231 Å². The number of halogens is 2. The molecule has 6 heteroatoms. The average Bonchev–Trinajstić information content (AvgIpc) is 4.34. The van der Waals surface area contributed by atoms with Crippen molar-refractivity contribution in [2.24, 2.45) is 0 Å². The Hall–Kier alpha value is -6.87. The molecule has 0 saturated heterocycles. The summed E-state index contributed by atoms with van der Waals surface area (Å²) in [6.45, 7) is 4.30. The van der Waals surface area contributed by atoms with Crippen molar-refractivity contribution in [2.45, 2.75) is 13.8 Å². The second kappa shape index (κ2) is 29.5. The topological polar surface area (TPSA) is 0 Å². The van der Waals surface area contributed by atoms with E-state index in [0.717, 1.165) is 0 Å². The summed E-state index contributed by atoms with van der Waals surface area (Å²) >= 11 is 0. The summed E-state index contributed by atoms with van der Waals surface area (Å²) in [5, 5.41) is 19.1. The van der Waals surface area contributed by atoms with E-state index in [9.17, 15) is 0 Å². The number of benzene rings is 10. The minimum atomic E-state index is -0.493. The van der Waals surface area contributed by atoms with Crippen LogP contribution < -0.4 is 41.2 Å². The summed E-state index contributed by atoms with van der Waals surface area (Å²) in [6.07, 6.45) is 0. The molecule has 0 aliphatic carbocycles. The Labute approximate surface area is 510 Å². The quantitative estimate of drug-likeness (QED) is 0.105. The van der Waals surface area contributed by atoms with Gasteiger partial charge in [0.2, 0.25) is 0 Å². The monoisotopic (exact) mass is 1230 g/mol. The van der Waals surface area contributed by atoms with Gasteiger partial charge in [-0.25, -0.2) is 0 Å². The van der Waals surface area contributed by atoms with Gasteiger partial charge < -0.3 is 9.41 Å². The Morgan fingerprint density at radius 3 is 0.850 bits per heavy atom. The first-order valence-corrected chi connectivity index (χ1v) is 28.8. The number of fused-ring (bicyclic) bond motifs is 4. The Morgan fingerprint density at radius 2 is 0.537 bits per heavy atom. The second-order valence-electron chi connectivity index (χ2n) is 19.1. The molecule has 0 fully saturated rings. The van der Waals surface area contributed by atoms with Gasteiger partial charge in [0.05, 0.1) is 0 Å². The predicted octanol–water partition coefficient (Wildman–Crippen LogP) is 11.7. The van der Waals surface area contributed by atoms with Gasteiger partial charge in [0, 0.05) is 0 Å². The van der Waals surface area contributed by atoms with Crippen LogP contribution in [-0.4, -0.2) is 0 Å². The molecule has 0 saturated carbocycles. The van der Waals surface area contributed by atoms with Crippen LogP contribution in [0.25, 0.3) is 65.3 Å². The van der Waals surface area contributed by atoms with Crippen LogP contribution >= 0.6 is 15.8 Å². The molecule has 0 nitrogen and oxygen atoms in total. The van der Waals surface area contributed by atoms with Crippen LogP contribution in [-0.2, 0) is 52.4 Å². The van der Waals surface area contributed by atoms with Crippen molar-refractivity contribution in [3.05, 3.63) is 327 Å². The van der Waals surface area contributed by atoms with Crippen LogP contribution in [0.5, 0.6) is 0 Å². The maximum Gasteiger partial charge on any atom is 2.00 e. The molecule has 0 spiro atoms. The molecular weight excluding hydrogens is 1170 g/mol. The van der Waals surface area contributed by atoms with Crippen LogP contribution in [0, 0.1) is 13.8 Å². The fraction of sp³-hybridized carbons (Fsp3) is 0.0270. The molecule has 14 aromatic carbocycles. The Balaban J connectivity index is 0.000000153. The zero-order chi connectivity index (χ0) is 51.5. The van der Waals surface area contributed by atoms with Crippen molar-refractivity contribution in [1.82, 2.24) is 0 Å². The molecule has 0 N–H and O–H groups in total. The van der Waals surface area contributed by atoms with Gasteiger partial charge in [-0.3, -0.25) is 0 Å². The molecule has 0 aliphatic heterocycles. The summed E-state index contributed by atoms with van der Waals surface area (Å²) in [7, 11) is -0.986. The molecule has 0 bridgehead atoms. The molecule has 0 amide bonds. The van der Waals surface area contributed by atoms with E-state index in [0.29, 0.717) is 0 Å². The van der Waals surface area contributed by atoms with Crippen molar-refractivity contribution in [2.75, 3.05) is 0 Å². The first-order valence-electron chi connectivity index (χ1n) is 26.1. The molecule has 0 aromatic heterocycles. The molecule has 14 aromatic rings. The van der Waals surface area contributed by atoms with Crippen molar-refractivity contribution in [3.63, 3.8) is 0 Å². The third-order valence-corrected chi connectivity index (χ3v) is 18.5. The summed E-state index contributed by atoms with van der Waals surface area (Å²) < 4.78 is 0. The fourth-order valence-electron chi connectivity index (χ4n) is 10.2. The average molecular weight is 1230 g/mol. The maximum atomic E-state index is 2.35. The van der Waals surface area contributed by atoms with Gasteiger partial charge in [0.25, 0.3) is 0 Å². The van der Waals surface area contributed by atoms with E-state index in [1.54, 1.807) is 0 Å². The first-order chi connectivity index (χ1) is 37.5. The van der Waals surface area contributed by atoms with E-state index in [2.05, 4.69) is 329 Å². The number of aryl methyl sites for hydroxylation is 2. The van der Waals surface area contributed by atoms with E-state index in [1.165, 1.54) is 108 Å². The SMILES string of the molecule is Cc1cc2c(-c3ccccc3)cccc2[cH-]1.Cc1cc2c(-c3ccccc3)cccc2[cH-]1.[F-].[F-].[Zr+2].[Zr+2].c1ccc(P(c2ccccc2)c2cc3ccccc3[cH-]2)cc1.c1ccc(P(c2ccccc2)c2cc3ccccc3[cH-]2)cc1. The van der Waals surface area contributed by atoms with Crippen molar-refractivity contribution >= 4 is 90.8 Å². The largest absolute Gasteiger partial charge is 2.00 e. The summed E-state index contributed by atoms with van der Waals surface area (Å²) in [6, 6.07) is 113. The van der Waals surface area contributed by atoms with Gasteiger partial charge in [-0.05, 0) is 48.2 Å². The van der Waals surface area contributed by atoms with Gasteiger partial charge in [0.15, 0.2) is 0 Å². The Morgan fingerprint density at radius 1 is 0.263 bits per heavy atom. The minimum absolute atomic E-state index is 0. The van der Waals surface area contributed by atoms with Crippen LogP contribution in [0.4, 0.5) is 0 Å². The standard InChI is InChI=1S/2C21H16P.2C16H13.2FH.2Zr/c2*1-3-11-19(12-4-1)22(20-13-5-2-6-14-20)21-15-17-9-7-8-10-18(17)16-21;2*1-12-10-14-8-5-9-15(16(14)11-12)13-6-3-2-4-7-13;;;;/h2*1-16H;2*2-11H,1H3;2*1H;;/q4*-1;;;2*+2/p-2. The maximum absolute atomic E-state index is 2.35. The summed E-state index contributed by atoms with van der Waals surface area (Å²) in [4.78, 5) is 0. The van der Waals surface area contributed by atoms with Gasteiger partial charge in [0.1, 0.15) is 0 Å².